The molecule has 6 rings (SSSR count). The zero-order chi connectivity index (χ0) is 23.2. The molecular weight excluding hydrogens is 432 g/mol. The second kappa shape index (κ2) is 8.63. The van der Waals surface area contributed by atoms with E-state index in [4.69, 9.17) is 9.97 Å². The van der Waals surface area contributed by atoms with Crippen molar-refractivity contribution < 1.29 is 0 Å². The van der Waals surface area contributed by atoms with E-state index in [9.17, 15) is 0 Å². The molecule has 0 bridgehead atoms. The summed E-state index contributed by atoms with van der Waals surface area (Å²) in [6.45, 7) is 6.55. The van der Waals surface area contributed by atoms with Gasteiger partial charge in [-0.1, -0.05) is 61.2 Å². The first-order valence-electron chi connectivity index (χ1n) is 12.5. The van der Waals surface area contributed by atoms with Crippen molar-refractivity contribution in [3.8, 4) is 21.8 Å². The van der Waals surface area contributed by atoms with E-state index in [1.54, 1.807) is 11.3 Å². The summed E-state index contributed by atoms with van der Waals surface area (Å²) >= 11 is 1.78. The van der Waals surface area contributed by atoms with Gasteiger partial charge in [-0.05, 0) is 85.2 Å². The van der Waals surface area contributed by atoms with Gasteiger partial charge in [-0.2, -0.15) is 0 Å². The zero-order valence-electron chi connectivity index (χ0n) is 20.2. The minimum Gasteiger partial charge on any atom is -0.255 e. The smallest absolute Gasteiger partial charge is 0.125 e. The molecule has 0 spiro atoms. The van der Waals surface area contributed by atoms with Crippen LogP contribution in [0.5, 0.6) is 0 Å². The molecule has 0 aliphatic heterocycles. The Morgan fingerprint density at radius 1 is 0.853 bits per heavy atom. The molecule has 0 unspecified atom stereocenters. The predicted molar refractivity (Wildman–Crippen MR) is 146 cm³/mol. The third kappa shape index (κ3) is 3.73. The van der Waals surface area contributed by atoms with Crippen molar-refractivity contribution in [1.29, 1.82) is 0 Å². The van der Waals surface area contributed by atoms with Crippen LogP contribution in [0.1, 0.15) is 60.3 Å². The molecule has 1 aliphatic rings. The van der Waals surface area contributed by atoms with Gasteiger partial charge in [-0.15, -0.1) is 11.3 Å². The Bertz CT molecular complexity index is 1500. The van der Waals surface area contributed by atoms with Crippen molar-refractivity contribution in [2.45, 2.75) is 58.8 Å². The molecular formula is C31H30N2S. The monoisotopic (exact) mass is 462 g/mol. The summed E-state index contributed by atoms with van der Waals surface area (Å²) < 4.78 is 1.18. The van der Waals surface area contributed by atoms with Crippen LogP contribution in [-0.4, -0.2) is 9.97 Å². The summed E-state index contributed by atoms with van der Waals surface area (Å²) in [5, 5.41) is 3.81. The lowest BCUT2D eigenvalue weighted by Gasteiger charge is -2.24. The molecule has 1 fully saturated rings. The second-order valence-electron chi connectivity index (χ2n) is 9.92. The highest BCUT2D eigenvalue weighted by molar-refractivity contribution is 7.22. The number of fused-ring (bicyclic) bond motifs is 2. The highest BCUT2D eigenvalue weighted by Crippen LogP contribution is 2.42. The van der Waals surface area contributed by atoms with Crippen molar-refractivity contribution in [2.75, 3.05) is 0 Å². The van der Waals surface area contributed by atoms with Crippen LogP contribution in [0, 0.1) is 20.8 Å². The fourth-order valence-corrected chi connectivity index (χ4v) is 7.16. The van der Waals surface area contributed by atoms with Gasteiger partial charge in [0.1, 0.15) is 5.01 Å². The average molecular weight is 463 g/mol. The second-order valence-corrected chi connectivity index (χ2v) is 10.9. The number of nitrogens with zero attached hydrogens (tertiary/aromatic N) is 2. The predicted octanol–water partition coefficient (Wildman–Crippen LogP) is 9.15. The highest BCUT2D eigenvalue weighted by Gasteiger charge is 2.21. The molecule has 0 amide bonds. The number of rotatable bonds is 3. The number of benzene rings is 3. The molecule has 3 heteroatoms. The molecule has 170 valence electrons. The van der Waals surface area contributed by atoms with Crippen molar-refractivity contribution in [3.63, 3.8) is 0 Å². The minimum atomic E-state index is 0.646. The van der Waals surface area contributed by atoms with Gasteiger partial charge in [0.05, 0.1) is 15.9 Å². The third-order valence-electron chi connectivity index (χ3n) is 7.41. The molecule has 34 heavy (non-hydrogen) atoms. The van der Waals surface area contributed by atoms with Gasteiger partial charge in [0.15, 0.2) is 0 Å². The first-order chi connectivity index (χ1) is 16.6. The Balaban J connectivity index is 1.54. The third-order valence-corrected chi connectivity index (χ3v) is 8.50. The van der Waals surface area contributed by atoms with Gasteiger partial charge in [0.25, 0.3) is 0 Å². The summed E-state index contributed by atoms with van der Waals surface area (Å²) in [6, 6.07) is 20.2. The quantitative estimate of drug-likeness (QED) is 0.267. The van der Waals surface area contributed by atoms with Crippen LogP contribution in [-0.2, 0) is 0 Å². The molecule has 1 aliphatic carbocycles. The summed E-state index contributed by atoms with van der Waals surface area (Å²) in [5.41, 5.74) is 9.96. The molecule has 0 atom stereocenters. The van der Waals surface area contributed by atoms with Crippen molar-refractivity contribution in [1.82, 2.24) is 9.97 Å². The molecule has 0 N–H and O–H groups in total. The normalized spacial score (nSPS) is 14.8. The first-order valence-corrected chi connectivity index (χ1v) is 13.3. The maximum Gasteiger partial charge on any atom is 0.125 e. The Morgan fingerprint density at radius 2 is 1.62 bits per heavy atom. The summed E-state index contributed by atoms with van der Waals surface area (Å²) in [4.78, 5) is 9.98. The lowest BCUT2D eigenvalue weighted by Crippen LogP contribution is -2.05. The number of aryl methyl sites for hydroxylation is 3. The standard InChI is InChI=1S/C31H30N2S/c1-19-15-20(2)28(21(3)16-19)31-33-27-13-14-32-29(30(27)34-31)24-17-23-11-7-8-12-25(23)26(18-24)22-9-5-4-6-10-22/h7-8,11-18,22H,4-6,9-10H2,1-3H3. The number of hydrogen-bond donors (Lipinski definition) is 0. The van der Waals surface area contributed by atoms with Crippen LogP contribution in [0.3, 0.4) is 0 Å². The maximum atomic E-state index is 5.07. The van der Waals surface area contributed by atoms with E-state index in [2.05, 4.69) is 75.4 Å². The SMILES string of the molecule is Cc1cc(C)c(-c2nc3ccnc(-c4cc(C5CCCCC5)c5ccccc5c4)c3s2)c(C)c1. The molecule has 0 saturated heterocycles. The Morgan fingerprint density at radius 3 is 2.41 bits per heavy atom. The highest BCUT2D eigenvalue weighted by atomic mass is 32.1. The van der Waals surface area contributed by atoms with Gasteiger partial charge in [0.2, 0.25) is 0 Å². The van der Waals surface area contributed by atoms with Gasteiger partial charge in [-0.25, -0.2) is 4.98 Å². The fraction of sp³-hybridized carbons (Fsp3) is 0.290. The Kier molecular flexibility index (Phi) is 5.45. The average Bonchev–Trinajstić information content (AvgIpc) is 3.27. The Labute approximate surface area is 205 Å². The van der Waals surface area contributed by atoms with E-state index >= 15 is 0 Å². The van der Waals surface area contributed by atoms with Crippen molar-refractivity contribution >= 4 is 32.3 Å². The molecule has 3 aromatic carbocycles. The summed E-state index contributed by atoms with van der Waals surface area (Å²) in [6.07, 6.45) is 8.56. The summed E-state index contributed by atoms with van der Waals surface area (Å²) in [7, 11) is 0. The number of thiazole rings is 1. The lowest BCUT2D eigenvalue weighted by atomic mass is 9.81. The number of hydrogen-bond acceptors (Lipinski definition) is 3. The van der Waals surface area contributed by atoms with Crippen molar-refractivity contribution in [2.24, 2.45) is 0 Å². The summed E-state index contributed by atoms with van der Waals surface area (Å²) in [5.74, 6) is 0.646. The molecule has 2 nitrogen and oxygen atoms in total. The van der Waals surface area contributed by atoms with Crippen LogP contribution < -0.4 is 0 Å². The number of aromatic nitrogens is 2. The van der Waals surface area contributed by atoms with Gasteiger partial charge in [0, 0.05) is 17.3 Å². The van der Waals surface area contributed by atoms with Crippen molar-refractivity contribution in [3.05, 3.63) is 83.0 Å². The van der Waals surface area contributed by atoms with Crippen LogP contribution in [0.25, 0.3) is 42.8 Å². The van der Waals surface area contributed by atoms with E-state index in [0.717, 1.165) is 16.2 Å². The molecule has 2 heterocycles. The van der Waals surface area contributed by atoms with E-state index in [0.29, 0.717) is 5.92 Å². The van der Waals surface area contributed by atoms with E-state index in [1.165, 1.54) is 81.0 Å². The topological polar surface area (TPSA) is 25.8 Å². The van der Waals surface area contributed by atoms with Crippen LogP contribution in [0.2, 0.25) is 0 Å². The molecule has 5 aromatic rings. The van der Waals surface area contributed by atoms with E-state index < -0.39 is 0 Å². The van der Waals surface area contributed by atoms with E-state index in [1.807, 2.05) is 6.20 Å². The Hall–Kier alpha value is -3.04. The molecule has 1 saturated carbocycles. The van der Waals surface area contributed by atoms with Gasteiger partial charge in [-0.3, -0.25) is 4.98 Å². The van der Waals surface area contributed by atoms with Crippen LogP contribution >= 0.6 is 11.3 Å². The van der Waals surface area contributed by atoms with Crippen LogP contribution in [0.15, 0.2) is 60.8 Å². The largest absolute Gasteiger partial charge is 0.255 e. The van der Waals surface area contributed by atoms with Gasteiger partial charge >= 0.3 is 0 Å². The molecule has 2 aromatic heterocycles. The number of pyridine rings is 1. The molecule has 0 radical (unpaired) electrons. The lowest BCUT2D eigenvalue weighted by molar-refractivity contribution is 0.445. The zero-order valence-corrected chi connectivity index (χ0v) is 21.0. The van der Waals surface area contributed by atoms with E-state index in [-0.39, 0.29) is 0 Å². The fourth-order valence-electron chi connectivity index (χ4n) is 5.91. The van der Waals surface area contributed by atoms with Gasteiger partial charge < -0.3 is 0 Å². The first kappa shape index (κ1) is 21.5. The minimum absolute atomic E-state index is 0.646. The maximum absolute atomic E-state index is 5.07. The van der Waals surface area contributed by atoms with Crippen LogP contribution in [0.4, 0.5) is 0 Å².